The van der Waals surface area contributed by atoms with Crippen molar-refractivity contribution in [1.29, 1.82) is 0 Å². The van der Waals surface area contributed by atoms with Gasteiger partial charge in [0.2, 0.25) is 0 Å². The maximum absolute atomic E-state index is 13.5. The number of rotatable bonds is 8. The van der Waals surface area contributed by atoms with Crippen molar-refractivity contribution in [3.8, 4) is 22.9 Å². The number of hydrogen-bond acceptors (Lipinski definition) is 4. The van der Waals surface area contributed by atoms with Crippen molar-refractivity contribution in [2.24, 2.45) is 4.99 Å². The molecule has 34 heavy (non-hydrogen) atoms. The molecule has 0 aliphatic heterocycles. The van der Waals surface area contributed by atoms with Crippen LogP contribution in [0.5, 0.6) is 17.2 Å². The molecule has 4 rings (SSSR count). The maximum Gasteiger partial charge on any atom is 0.280 e. The molecule has 3 aromatic carbocycles. The summed E-state index contributed by atoms with van der Waals surface area (Å²) < 4.78 is 12.8. The highest BCUT2D eigenvalue weighted by Gasteiger charge is 2.18. The molecule has 0 radical (unpaired) electrons. The second kappa shape index (κ2) is 10.4. The topological polar surface area (TPSA) is 68.6 Å². The molecule has 0 spiro atoms. The largest absolute Gasteiger partial charge is 0.497 e. The Hall–Kier alpha value is -3.77. The molecule has 0 amide bonds. The molecule has 0 bridgehead atoms. The highest BCUT2D eigenvalue weighted by molar-refractivity contribution is 6.31. The molecule has 0 saturated carbocycles. The van der Waals surface area contributed by atoms with E-state index in [2.05, 4.69) is 12.0 Å². The van der Waals surface area contributed by atoms with Crippen LogP contribution in [0.15, 0.2) is 82.6 Å². The molecule has 0 aliphatic rings. The summed E-state index contributed by atoms with van der Waals surface area (Å²) in [5, 5.41) is 3.80. The number of aryl methyl sites for hydroxylation is 1. The zero-order valence-corrected chi connectivity index (χ0v) is 20.1. The van der Waals surface area contributed by atoms with Crippen LogP contribution in [0.3, 0.4) is 0 Å². The standard InChI is InChI=1S/C27H26ClN3O3/c1-4-8-23-26(27(32)31(30-23)20-12-14-21(33-3)15-13-20)18(2)29-24-17-19(28)11-16-25(24)34-22-9-6-5-7-10-22/h5-7,9-17,30H,4,8H2,1-3H3. The van der Waals surface area contributed by atoms with Crippen molar-refractivity contribution in [1.82, 2.24) is 9.78 Å². The number of aromatic nitrogens is 2. The van der Waals surface area contributed by atoms with E-state index in [1.807, 2.05) is 61.5 Å². The summed E-state index contributed by atoms with van der Waals surface area (Å²) >= 11 is 6.26. The summed E-state index contributed by atoms with van der Waals surface area (Å²) in [7, 11) is 1.61. The molecule has 1 N–H and O–H groups in total. The van der Waals surface area contributed by atoms with Crippen LogP contribution in [0.25, 0.3) is 5.69 Å². The summed E-state index contributed by atoms with van der Waals surface area (Å²) in [5.74, 6) is 1.97. The zero-order valence-electron chi connectivity index (χ0n) is 19.3. The fourth-order valence-corrected chi connectivity index (χ4v) is 3.88. The van der Waals surface area contributed by atoms with Crippen LogP contribution in [0.4, 0.5) is 5.69 Å². The maximum atomic E-state index is 13.5. The molecular weight excluding hydrogens is 450 g/mol. The van der Waals surface area contributed by atoms with Gasteiger partial charge in [0.1, 0.15) is 17.2 Å². The highest BCUT2D eigenvalue weighted by atomic mass is 35.5. The van der Waals surface area contributed by atoms with E-state index in [0.717, 1.165) is 23.6 Å². The van der Waals surface area contributed by atoms with Gasteiger partial charge < -0.3 is 9.47 Å². The molecule has 0 atom stereocenters. The van der Waals surface area contributed by atoms with Gasteiger partial charge in [-0.1, -0.05) is 43.1 Å². The minimum atomic E-state index is -0.164. The molecule has 1 heterocycles. The van der Waals surface area contributed by atoms with Crippen LogP contribution in [0.1, 0.15) is 31.5 Å². The normalized spacial score (nSPS) is 11.5. The van der Waals surface area contributed by atoms with E-state index in [1.165, 1.54) is 4.68 Å². The van der Waals surface area contributed by atoms with Gasteiger partial charge in [-0.05, 0) is 67.9 Å². The SMILES string of the molecule is CCCc1[nH]n(-c2ccc(OC)cc2)c(=O)c1C(C)=Nc1cc(Cl)ccc1Oc1ccccc1. The van der Waals surface area contributed by atoms with Crippen LogP contribution in [-0.2, 0) is 6.42 Å². The first-order valence-electron chi connectivity index (χ1n) is 11.1. The Kier molecular flexibility index (Phi) is 7.18. The van der Waals surface area contributed by atoms with E-state index < -0.39 is 0 Å². The smallest absolute Gasteiger partial charge is 0.280 e. The highest BCUT2D eigenvalue weighted by Crippen LogP contribution is 2.34. The fourth-order valence-electron chi connectivity index (χ4n) is 3.72. The Morgan fingerprint density at radius 3 is 2.44 bits per heavy atom. The van der Waals surface area contributed by atoms with Crippen molar-refractivity contribution in [3.05, 3.63) is 99.4 Å². The molecule has 7 heteroatoms. The van der Waals surface area contributed by atoms with E-state index in [9.17, 15) is 4.79 Å². The Morgan fingerprint density at radius 2 is 1.76 bits per heavy atom. The van der Waals surface area contributed by atoms with Gasteiger partial charge in [-0.15, -0.1) is 0 Å². The number of H-pyrrole nitrogens is 1. The van der Waals surface area contributed by atoms with E-state index in [4.69, 9.17) is 26.1 Å². The molecule has 0 fully saturated rings. The number of methoxy groups -OCH3 is 1. The third-order valence-electron chi connectivity index (χ3n) is 5.34. The van der Waals surface area contributed by atoms with Gasteiger partial charge in [-0.25, -0.2) is 9.67 Å². The minimum absolute atomic E-state index is 0.164. The Morgan fingerprint density at radius 1 is 1.03 bits per heavy atom. The first-order valence-corrected chi connectivity index (χ1v) is 11.4. The monoisotopic (exact) mass is 475 g/mol. The molecule has 4 aromatic rings. The average Bonchev–Trinajstić information content (AvgIpc) is 3.17. The quantitative estimate of drug-likeness (QED) is 0.288. The molecule has 6 nitrogen and oxygen atoms in total. The molecular formula is C27H26ClN3O3. The molecule has 1 aromatic heterocycles. The lowest BCUT2D eigenvalue weighted by Crippen LogP contribution is -2.19. The second-order valence-corrected chi connectivity index (χ2v) is 8.21. The molecule has 174 valence electrons. The Bertz CT molecular complexity index is 1360. The summed E-state index contributed by atoms with van der Waals surface area (Å²) in [5.41, 5.74) is 3.06. The Labute approximate surface area is 203 Å². The number of halogens is 1. The van der Waals surface area contributed by atoms with Gasteiger partial charge in [0, 0.05) is 10.7 Å². The predicted molar refractivity (Wildman–Crippen MR) is 137 cm³/mol. The van der Waals surface area contributed by atoms with E-state index in [-0.39, 0.29) is 5.56 Å². The van der Waals surface area contributed by atoms with Gasteiger partial charge in [0.05, 0.1) is 24.1 Å². The average molecular weight is 476 g/mol. The van der Waals surface area contributed by atoms with Gasteiger partial charge in [0.15, 0.2) is 5.75 Å². The number of nitrogens with one attached hydrogen (secondary N) is 1. The lowest BCUT2D eigenvalue weighted by Gasteiger charge is -2.10. The van der Waals surface area contributed by atoms with Crippen molar-refractivity contribution in [3.63, 3.8) is 0 Å². The molecule has 0 unspecified atom stereocenters. The number of para-hydroxylation sites is 1. The van der Waals surface area contributed by atoms with Gasteiger partial charge in [-0.3, -0.25) is 9.89 Å². The summed E-state index contributed by atoms with van der Waals surface area (Å²) in [6.45, 7) is 3.90. The first-order chi connectivity index (χ1) is 16.5. The van der Waals surface area contributed by atoms with Crippen LogP contribution >= 0.6 is 11.6 Å². The summed E-state index contributed by atoms with van der Waals surface area (Å²) in [6.07, 6.45) is 1.59. The van der Waals surface area contributed by atoms with Crippen LogP contribution < -0.4 is 15.0 Å². The van der Waals surface area contributed by atoms with Crippen molar-refractivity contribution < 1.29 is 9.47 Å². The van der Waals surface area contributed by atoms with Gasteiger partial charge in [-0.2, -0.15) is 0 Å². The number of nitrogens with zero attached hydrogens (tertiary/aromatic N) is 2. The summed E-state index contributed by atoms with van der Waals surface area (Å²) in [4.78, 5) is 18.2. The van der Waals surface area contributed by atoms with Crippen LogP contribution in [0.2, 0.25) is 5.02 Å². The number of hydrogen-bond donors (Lipinski definition) is 1. The first kappa shape index (κ1) is 23.4. The van der Waals surface area contributed by atoms with Crippen molar-refractivity contribution in [2.45, 2.75) is 26.7 Å². The molecule has 0 saturated heterocycles. The second-order valence-electron chi connectivity index (χ2n) is 7.78. The number of aromatic amines is 1. The minimum Gasteiger partial charge on any atom is -0.497 e. The molecule has 0 aliphatic carbocycles. The van der Waals surface area contributed by atoms with Crippen LogP contribution in [-0.4, -0.2) is 22.6 Å². The third-order valence-corrected chi connectivity index (χ3v) is 5.57. The predicted octanol–water partition coefficient (Wildman–Crippen LogP) is 6.71. The Balaban J connectivity index is 1.77. The van der Waals surface area contributed by atoms with Crippen molar-refractivity contribution in [2.75, 3.05) is 7.11 Å². The van der Waals surface area contributed by atoms with E-state index in [0.29, 0.717) is 39.9 Å². The lowest BCUT2D eigenvalue weighted by molar-refractivity contribution is 0.414. The summed E-state index contributed by atoms with van der Waals surface area (Å²) in [6, 6.07) is 22.0. The number of ether oxygens (including phenoxy) is 2. The fraction of sp³-hybridized carbons (Fsp3) is 0.185. The lowest BCUT2D eigenvalue weighted by atomic mass is 10.1. The third kappa shape index (κ3) is 5.07. The van der Waals surface area contributed by atoms with E-state index >= 15 is 0 Å². The van der Waals surface area contributed by atoms with Crippen LogP contribution in [0, 0.1) is 0 Å². The van der Waals surface area contributed by atoms with Gasteiger partial charge in [0.25, 0.3) is 5.56 Å². The van der Waals surface area contributed by atoms with E-state index in [1.54, 1.807) is 25.3 Å². The van der Waals surface area contributed by atoms with Gasteiger partial charge >= 0.3 is 0 Å². The van der Waals surface area contributed by atoms with Crippen molar-refractivity contribution >= 4 is 23.0 Å². The number of benzene rings is 3. The number of aliphatic imine (C=N–C) groups is 1. The zero-order chi connectivity index (χ0) is 24.1.